The lowest BCUT2D eigenvalue weighted by molar-refractivity contribution is -0.384. The van der Waals surface area contributed by atoms with Gasteiger partial charge in [-0.05, 0) is 24.3 Å². The molecule has 0 saturated carbocycles. The number of benzene rings is 2. The van der Waals surface area contributed by atoms with Crippen molar-refractivity contribution in [3.8, 4) is 0 Å². The van der Waals surface area contributed by atoms with Crippen molar-refractivity contribution >= 4 is 67.3 Å². The maximum Gasteiger partial charge on any atom is 0.271 e. The van der Waals surface area contributed by atoms with Gasteiger partial charge in [0.2, 0.25) is 11.0 Å². The number of hydrogen-bond donors (Lipinski definition) is 2. The van der Waals surface area contributed by atoms with Crippen molar-refractivity contribution in [2.45, 2.75) is 4.34 Å². The van der Waals surface area contributed by atoms with Crippen LogP contribution in [-0.2, 0) is 4.79 Å². The maximum atomic E-state index is 12.2. The molecule has 2 N–H and O–H groups in total. The van der Waals surface area contributed by atoms with Gasteiger partial charge in [-0.2, -0.15) is 0 Å². The van der Waals surface area contributed by atoms with Crippen molar-refractivity contribution in [1.29, 1.82) is 0 Å². The van der Waals surface area contributed by atoms with Gasteiger partial charge in [0, 0.05) is 27.9 Å². The zero-order valence-electron chi connectivity index (χ0n) is 14.5. The molecule has 0 saturated heterocycles. The summed E-state index contributed by atoms with van der Waals surface area (Å²) < 4.78 is 1.29. The molecule has 3 rings (SSSR count). The molecular formula is C17H12BrN5O4S2. The summed E-state index contributed by atoms with van der Waals surface area (Å²) in [6.07, 6.45) is 0. The number of halogens is 1. The monoisotopic (exact) mass is 493 g/mol. The van der Waals surface area contributed by atoms with Gasteiger partial charge in [-0.25, -0.2) is 0 Å². The summed E-state index contributed by atoms with van der Waals surface area (Å²) >= 11 is 5.60. The number of anilines is 2. The van der Waals surface area contributed by atoms with E-state index in [1.165, 1.54) is 18.2 Å². The van der Waals surface area contributed by atoms with Crippen LogP contribution in [0.3, 0.4) is 0 Å². The van der Waals surface area contributed by atoms with E-state index in [1.807, 2.05) is 6.07 Å². The van der Waals surface area contributed by atoms with E-state index in [0.717, 1.165) is 27.6 Å². The normalized spacial score (nSPS) is 10.4. The fourth-order valence-electron chi connectivity index (χ4n) is 2.14. The van der Waals surface area contributed by atoms with E-state index in [1.54, 1.807) is 24.3 Å². The summed E-state index contributed by atoms with van der Waals surface area (Å²) in [6.45, 7) is 0. The number of nitrogens with one attached hydrogen (secondary N) is 2. The van der Waals surface area contributed by atoms with Gasteiger partial charge in [0.05, 0.1) is 10.7 Å². The molecule has 0 atom stereocenters. The van der Waals surface area contributed by atoms with Crippen LogP contribution in [-0.4, -0.2) is 32.7 Å². The Labute approximate surface area is 181 Å². The zero-order chi connectivity index (χ0) is 20.8. The molecule has 0 radical (unpaired) electrons. The van der Waals surface area contributed by atoms with Gasteiger partial charge >= 0.3 is 0 Å². The van der Waals surface area contributed by atoms with E-state index in [9.17, 15) is 19.7 Å². The molecule has 0 aliphatic heterocycles. The molecule has 0 unspecified atom stereocenters. The first-order valence-corrected chi connectivity index (χ1v) is 10.6. The number of non-ortho nitro benzene ring substituents is 1. The minimum atomic E-state index is -0.532. The third-order valence-corrected chi connectivity index (χ3v) is 5.85. The number of nitrogens with zero attached hydrogens (tertiary/aromatic N) is 3. The minimum absolute atomic E-state index is 0.0386. The number of nitro groups is 1. The summed E-state index contributed by atoms with van der Waals surface area (Å²) in [7, 11) is 0. The number of amides is 2. The van der Waals surface area contributed by atoms with Crippen molar-refractivity contribution in [3.05, 3.63) is 68.7 Å². The molecule has 12 heteroatoms. The lowest BCUT2D eigenvalue weighted by atomic mass is 10.2. The molecule has 3 aromatic rings. The van der Waals surface area contributed by atoms with Crippen LogP contribution in [0.5, 0.6) is 0 Å². The van der Waals surface area contributed by atoms with Crippen molar-refractivity contribution in [2.75, 3.05) is 16.4 Å². The van der Waals surface area contributed by atoms with E-state index in [0.29, 0.717) is 20.7 Å². The highest BCUT2D eigenvalue weighted by Crippen LogP contribution is 2.26. The lowest BCUT2D eigenvalue weighted by Gasteiger charge is -2.03. The Bertz CT molecular complexity index is 1080. The quantitative estimate of drug-likeness (QED) is 0.218. The largest absolute Gasteiger partial charge is 0.325 e. The molecule has 9 nitrogen and oxygen atoms in total. The van der Waals surface area contributed by atoms with Crippen LogP contribution in [0.15, 0.2) is 57.3 Å². The fraction of sp³-hybridized carbons (Fsp3) is 0.0588. The van der Waals surface area contributed by atoms with Crippen LogP contribution in [0.4, 0.5) is 16.5 Å². The van der Waals surface area contributed by atoms with Crippen LogP contribution >= 0.6 is 39.0 Å². The fourth-order valence-corrected chi connectivity index (χ4v) is 4.09. The predicted molar refractivity (Wildman–Crippen MR) is 114 cm³/mol. The first-order valence-electron chi connectivity index (χ1n) is 7.98. The van der Waals surface area contributed by atoms with E-state index in [2.05, 4.69) is 36.8 Å². The standard InChI is InChI=1S/C17H12BrN5O4S2/c18-11-4-1-3-10(7-11)15(25)20-16-21-22-17(29-16)28-9-14(24)19-12-5-2-6-13(8-12)23(26)27/h1-8H,9H2,(H,19,24)(H,20,21,25). The number of rotatable bonds is 7. The van der Waals surface area contributed by atoms with E-state index in [-0.39, 0.29) is 23.3 Å². The SMILES string of the molecule is O=C(CSc1nnc(NC(=O)c2cccc(Br)c2)s1)Nc1cccc([N+](=O)[O-])c1. The Morgan fingerprint density at radius 3 is 2.69 bits per heavy atom. The average molecular weight is 494 g/mol. The van der Waals surface area contributed by atoms with Crippen LogP contribution in [0.25, 0.3) is 0 Å². The lowest BCUT2D eigenvalue weighted by Crippen LogP contribution is -2.14. The molecule has 29 heavy (non-hydrogen) atoms. The van der Waals surface area contributed by atoms with Crippen LogP contribution in [0.1, 0.15) is 10.4 Å². The van der Waals surface area contributed by atoms with E-state index >= 15 is 0 Å². The highest BCUT2D eigenvalue weighted by molar-refractivity contribution is 9.10. The Morgan fingerprint density at radius 1 is 1.14 bits per heavy atom. The second-order valence-corrected chi connectivity index (χ2v) is 8.60. The Morgan fingerprint density at radius 2 is 1.93 bits per heavy atom. The first-order chi connectivity index (χ1) is 13.9. The number of thioether (sulfide) groups is 1. The third kappa shape index (κ3) is 6.07. The van der Waals surface area contributed by atoms with Gasteiger partial charge in [0.15, 0.2) is 4.34 Å². The van der Waals surface area contributed by atoms with Crippen LogP contribution in [0.2, 0.25) is 0 Å². The van der Waals surface area contributed by atoms with Crippen molar-refractivity contribution < 1.29 is 14.5 Å². The highest BCUT2D eigenvalue weighted by atomic mass is 79.9. The topological polar surface area (TPSA) is 127 Å². The second-order valence-electron chi connectivity index (χ2n) is 5.48. The van der Waals surface area contributed by atoms with Gasteiger partial charge in [-0.3, -0.25) is 25.0 Å². The van der Waals surface area contributed by atoms with Crippen molar-refractivity contribution in [2.24, 2.45) is 0 Å². The molecule has 0 aliphatic carbocycles. The van der Waals surface area contributed by atoms with Gasteiger partial charge in [-0.1, -0.05) is 51.2 Å². The molecule has 0 spiro atoms. The Hall–Kier alpha value is -2.83. The molecule has 2 aromatic carbocycles. The number of nitro benzene ring substituents is 1. The van der Waals surface area contributed by atoms with Gasteiger partial charge in [0.1, 0.15) is 0 Å². The summed E-state index contributed by atoms with van der Waals surface area (Å²) in [4.78, 5) is 34.5. The molecule has 1 aromatic heterocycles. The maximum absolute atomic E-state index is 12.2. The predicted octanol–water partition coefficient (Wildman–Crippen LogP) is 4.19. The molecular weight excluding hydrogens is 482 g/mol. The highest BCUT2D eigenvalue weighted by Gasteiger charge is 2.13. The van der Waals surface area contributed by atoms with E-state index < -0.39 is 4.92 Å². The van der Waals surface area contributed by atoms with E-state index in [4.69, 9.17) is 0 Å². The molecule has 2 amide bonds. The minimum Gasteiger partial charge on any atom is -0.325 e. The van der Waals surface area contributed by atoms with Crippen molar-refractivity contribution in [1.82, 2.24) is 10.2 Å². The molecule has 0 bridgehead atoms. The second kappa shape index (κ2) is 9.58. The molecule has 1 heterocycles. The number of carbonyl (C=O) groups is 2. The Balaban J connectivity index is 1.52. The third-order valence-electron chi connectivity index (χ3n) is 3.38. The van der Waals surface area contributed by atoms with Gasteiger partial charge < -0.3 is 5.32 Å². The van der Waals surface area contributed by atoms with Crippen LogP contribution in [0, 0.1) is 10.1 Å². The number of hydrogen-bond acceptors (Lipinski definition) is 8. The molecule has 0 fully saturated rings. The first kappa shape index (κ1) is 20.9. The Kier molecular flexibility index (Phi) is 6.90. The summed E-state index contributed by atoms with van der Waals surface area (Å²) in [5, 5.41) is 24.2. The van der Waals surface area contributed by atoms with Crippen molar-refractivity contribution in [3.63, 3.8) is 0 Å². The van der Waals surface area contributed by atoms with Crippen LogP contribution < -0.4 is 10.6 Å². The molecule has 148 valence electrons. The average Bonchev–Trinajstić information content (AvgIpc) is 3.14. The number of carbonyl (C=O) groups excluding carboxylic acids is 2. The summed E-state index contributed by atoms with van der Waals surface area (Å²) in [6, 6.07) is 12.6. The summed E-state index contributed by atoms with van der Waals surface area (Å²) in [5.74, 6) is -0.621. The van der Waals surface area contributed by atoms with Gasteiger partial charge in [0.25, 0.3) is 11.6 Å². The smallest absolute Gasteiger partial charge is 0.271 e. The number of aromatic nitrogens is 2. The van der Waals surface area contributed by atoms with Gasteiger partial charge in [-0.15, -0.1) is 10.2 Å². The molecule has 0 aliphatic rings. The zero-order valence-corrected chi connectivity index (χ0v) is 17.7. The summed E-state index contributed by atoms with van der Waals surface area (Å²) in [5.41, 5.74) is 0.703.